The molecule has 0 aromatic heterocycles. The Morgan fingerprint density at radius 2 is 1.54 bits per heavy atom. The van der Waals surface area contributed by atoms with Crippen LogP contribution in [0, 0.1) is 5.41 Å². The summed E-state index contributed by atoms with van der Waals surface area (Å²) in [6, 6.07) is 0. The second-order valence-corrected chi connectivity index (χ2v) is 10.9. The lowest BCUT2D eigenvalue weighted by Crippen LogP contribution is -2.45. The molecule has 6 heteroatoms. The summed E-state index contributed by atoms with van der Waals surface area (Å²) in [5.41, 5.74) is -0.518. The van der Waals surface area contributed by atoms with Gasteiger partial charge >= 0.3 is 0 Å². The molecule has 0 aliphatic heterocycles. The summed E-state index contributed by atoms with van der Waals surface area (Å²) < 4.78 is 21.1. The van der Waals surface area contributed by atoms with E-state index in [0.29, 0.717) is 0 Å². The molecule has 0 radical (unpaired) electrons. The van der Waals surface area contributed by atoms with E-state index >= 15 is 0 Å². The van der Waals surface area contributed by atoms with Crippen LogP contribution >= 0.6 is 31.9 Å². The first-order valence-corrected chi connectivity index (χ1v) is 7.14. The molecule has 3 nitrogen and oxygen atoms in total. The lowest BCUT2D eigenvalue weighted by atomic mass is 9.90. The second-order valence-electron chi connectivity index (χ2n) is 4.10. The monoisotopic (exact) mass is 336 g/mol. The van der Waals surface area contributed by atoms with Crippen molar-refractivity contribution in [3.05, 3.63) is 0 Å². The molecule has 0 bridgehead atoms. The summed E-state index contributed by atoms with van der Waals surface area (Å²) in [6.07, 6.45) is 0.0286. The van der Waals surface area contributed by atoms with Crippen LogP contribution in [0.15, 0.2) is 0 Å². The van der Waals surface area contributed by atoms with Gasteiger partial charge in [0.05, 0.1) is 6.10 Å². The van der Waals surface area contributed by atoms with Crippen molar-refractivity contribution >= 4 is 41.7 Å². The molecule has 0 rings (SSSR count). The number of halogens is 2. The number of hydrogen-bond acceptors (Lipinski definition) is 3. The van der Waals surface area contributed by atoms with Gasteiger partial charge in [0.15, 0.2) is 9.84 Å². The van der Waals surface area contributed by atoms with E-state index in [2.05, 4.69) is 31.9 Å². The van der Waals surface area contributed by atoms with Gasteiger partial charge < -0.3 is 5.11 Å². The molecule has 1 N–H and O–H groups in total. The predicted octanol–water partition coefficient (Wildman–Crippen LogP) is 1.88. The average molecular weight is 338 g/mol. The minimum absolute atomic E-state index is 0.518. The number of hydrogen-bond donors (Lipinski definition) is 1. The van der Waals surface area contributed by atoms with Crippen molar-refractivity contribution in [3.63, 3.8) is 0 Å². The zero-order valence-electron chi connectivity index (χ0n) is 8.01. The molecule has 0 spiro atoms. The van der Waals surface area contributed by atoms with E-state index < -0.39 is 23.9 Å². The summed E-state index contributed by atoms with van der Waals surface area (Å²) >= 11 is 5.96. The quantitative estimate of drug-likeness (QED) is 0.783. The number of alkyl halides is 2. The van der Waals surface area contributed by atoms with Crippen molar-refractivity contribution < 1.29 is 13.5 Å². The molecular weight excluding hydrogens is 324 g/mol. The Bertz CT molecular complexity index is 277. The Hall–Kier alpha value is 0.870. The molecule has 0 aromatic rings. The maximum atomic E-state index is 11.3. The molecule has 80 valence electrons. The first-order valence-electron chi connectivity index (χ1n) is 3.66. The third kappa shape index (κ3) is 3.18. The minimum atomic E-state index is -3.40. The molecule has 0 heterocycles. The van der Waals surface area contributed by atoms with Gasteiger partial charge in [-0.1, -0.05) is 52.6 Å². The van der Waals surface area contributed by atoms with E-state index in [-0.39, 0.29) is 0 Å². The maximum Gasteiger partial charge on any atom is 0.206 e. The Morgan fingerprint density at radius 3 is 1.62 bits per heavy atom. The molecule has 0 fully saturated rings. The predicted molar refractivity (Wildman–Crippen MR) is 60.9 cm³/mol. The molecule has 1 unspecified atom stereocenters. The summed E-state index contributed by atoms with van der Waals surface area (Å²) in [4.78, 5) is 0. The zero-order chi connectivity index (χ0) is 11.1. The first kappa shape index (κ1) is 13.9. The Labute approximate surface area is 96.1 Å². The molecule has 13 heavy (non-hydrogen) atoms. The molecule has 0 aliphatic rings. The van der Waals surface area contributed by atoms with Crippen LogP contribution in [0.2, 0.25) is 0 Å². The van der Waals surface area contributed by atoms with Crippen molar-refractivity contribution in [3.8, 4) is 0 Å². The van der Waals surface area contributed by atoms with E-state index in [0.717, 1.165) is 6.26 Å². The van der Waals surface area contributed by atoms with Gasteiger partial charge in [-0.2, -0.15) is 0 Å². The van der Waals surface area contributed by atoms with Crippen LogP contribution in [0.4, 0.5) is 0 Å². The van der Waals surface area contributed by atoms with E-state index in [9.17, 15) is 13.5 Å². The van der Waals surface area contributed by atoms with Crippen LogP contribution in [-0.2, 0) is 9.84 Å². The van der Waals surface area contributed by atoms with Crippen molar-refractivity contribution in [2.45, 2.75) is 29.4 Å². The van der Waals surface area contributed by atoms with Crippen molar-refractivity contribution in [1.29, 1.82) is 0 Å². The molecule has 0 saturated carbocycles. The molecule has 0 saturated heterocycles. The van der Waals surface area contributed by atoms with E-state index in [4.69, 9.17) is 0 Å². The third-order valence-electron chi connectivity index (χ3n) is 1.63. The van der Waals surface area contributed by atoms with Crippen LogP contribution in [0.3, 0.4) is 0 Å². The van der Waals surface area contributed by atoms with E-state index in [1.807, 2.05) is 0 Å². The normalized spacial score (nSPS) is 17.2. The first-order chi connectivity index (χ1) is 5.40. The molecular formula is C7H14Br2O3S. The maximum absolute atomic E-state index is 11.3. The fourth-order valence-corrected chi connectivity index (χ4v) is 2.84. The smallest absolute Gasteiger partial charge is 0.206 e. The highest BCUT2D eigenvalue weighted by molar-refractivity contribution is 9.28. The average Bonchev–Trinajstić information content (AvgIpc) is 1.81. The van der Waals surface area contributed by atoms with Crippen molar-refractivity contribution in [2.75, 3.05) is 6.26 Å². The van der Waals surface area contributed by atoms with E-state index in [1.54, 1.807) is 20.8 Å². The van der Waals surface area contributed by atoms with Crippen molar-refractivity contribution in [2.24, 2.45) is 5.41 Å². The fraction of sp³-hybridized carbons (Fsp3) is 1.00. The Morgan fingerprint density at radius 1 is 1.23 bits per heavy atom. The standard InChI is InChI=1S/C7H14Br2O3S/c1-6(2,3)5(10)7(8,9)13(4,11)12/h5,10H,1-4H3. The van der Waals surface area contributed by atoms with Crippen LogP contribution in [0.5, 0.6) is 0 Å². The number of rotatable bonds is 2. The summed E-state index contributed by atoms with van der Waals surface area (Å²) in [5.74, 6) is 0. The van der Waals surface area contributed by atoms with Gasteiger partial charge in [-0.3, -0.25) is 0 Å². The topological polar surface area (TPSA) is 54.4 Å². The molecule has 0 aliphatic carbocycles. The van der Waals surface area contributed by atoms with Gasteiger partial charge in [-0.05, 0) is 5.41 Å². The van der Waals surface area contributed by atoms with Gasteiger partial charge in [-0.25, -0.2) is 8.42 Å². The van der Waals surface area contributed by atoms with Gasteiger partial charge in [0.1, 0.15) is 0 Å². The molecule has 0 aromatic carbocycles. The summed E-state index contributed by atoms with van der Waals surface area (Å²) in [7, 11) is -3.40. The van der Waals surface area contributed by atoms with Gasteiger partial charge in [0.2, 0.25) is 2.57 Å². The van der Waals surface area contributed by atoms with Crippen LogP contribution < -0.4 is 0 Å². The molecule has 0 amide bonds. The number of aliphatic hydroxyl groups is 1. The summed E-state index contributed by atoms with van der Waals surface area (Å²) in [5, 5.41) is 9.78. The van der Waals surface area contributed by atoms with Crippen LogP contribution in [-0.4, -0.2) is 28.4 Å². The van der Waals surface area contributed by atoms with Gasteiger partial charge in [-0.15, -0.1) is 0 Å². The highest BCUT2D eigenvalue weighted by Crippen LogP contribution is 2.42. The summed E-state index contributed by atoms with van der Waals surface area (Å²) in [6.45, 7) is 5.29. The van der Waals surface area contributed by atoms with Crippen molar-refractivity contribution in [1.82, 2.24) is 0 Å². The fourth-order valence-electron chi connectivity index (χ4n) is 0.707. The lowest BCUT2D eigenvalue weighted by Gasteiger charge is -2.34. The zero-order valence-corrected chi connectivity index (χ0v) is 12.0. The highest BCUT2D eigenvalue weighted by Gasteiger charge is 2.47. The second kappa shape index (κ2) is 3.79. The minimum Gasteiger partial charge on any atom is -0.389 e. The lowest BCUT2D eigenvalue weighted by molar-refractivity contribution is 0.0722. The third-order valence-corrected chi connectivity index (χ3v) is 7.24. The van der Waals surface area contributed by atoms with Crippen LogP contribution in [0.25, 0.3) is 0 Å². The Kier molecular flexibility index (Phi) is 4.04. The number of aliphatic hydroxyl groups excluding tert-OH is 1. The van der Waals surface area contributed by atoms with Gasteiger partial charge in [0.25, 0.3) is 0 Å². The number of sulfone groups is 1. The van der Waals surface area contributed by atoms with Crippen LogP contribution in [0.1, 0.15) is 20.8 Å². The Balaban J connectivity index is 5.09. The van der Waals surface area contributed by atoms with E-state index in [1.165, 1.54) is 0 Å². The SMILES string of the molecule is CC(C)(C)C(O)C(Br)(Br)S(C)(=O)=O. The van der Waals surface area contributed by atoms with Gasteiger partial charge in [0, 0.05) is 6.26 Å². The molecule has 1 atom stereocenters. The largest absolute Gasteiger partial charge is 0.389 e. The highest BCUT2D eigenvalue weighted by atomic mass is 79.9.